The minimum absolute atomic E-state index is 0.278. The Bertz CT molecular complexity index is 237. The van der Waals surface area contributed by atoms with Crippen molar-refractivity contribution in [1.82, 2.24) is 4.90 Å². The highest BCUT2D eigenvalue weighted by atomic mass is 32.2. The van der Waals surface area contributed by atoms with E-state index in [1.54, 1.807) is 16.7 Å². The molecule has 5 nitrogen and oxygen atoms in total. The van der Waals surface area contributed by atoms with E-state index in [0.29, 0.717) is 5.88 Å². The Hall–Kier alpha value is -0.270. The predicted molar refractivity (Wildman–Crippen MR) is 51.2 cm³/mol. The van der Waals surface area contributed by atoms with E-state index in [-0.39, 0.29) is 6.61 Å². The summed E-state index contributed by atoms with van der Waals surface area (Å²) in [6.45, 7) is -0.278. The maximum absolute atomic E-state index is 9.65. The van der Waals surface area contributed by atoms with Gasteiger partial charge in [0.05, 0.1) is 12.5 Å². The van der Waals surface area contributed by atoms with Crippen LogP contribution in [0, 0.1) is 0 Å². The Morgan fingerprint density at radius 3 is 2.71 bits per heavy atom. The van der Waals surface area contributed by atoms with Crippen molar-refractivity contribution < 1.29 is 20.1 Å². The molecule has 2 aliphatic heterocycles. The summed E-state index contributed by atoms with van der Waals surface area (Å²) in [5.74, 6) is 0.701. The second-order valence-corrected chi connectivity index (χ2v) is 4.19. The van der Waals surface area contributed by atoms with Crippen LogP contribution in [0.5, 0.6) is 0 Å². The Labute approximate surface area is 86.0 Å². The molecule has 0 aliphatic carbocycles. The van der Waals surface area contributed by atoms with Crippen molar-refractivity contribution in [2.45, 2.75) is 24.5 Å². The fraction of sp³-hybridized carbons (Fsp3) is 0.750. The number of thioether (sulfide) groups is 1. The van der Waals surface area contributed by atoms with Gasteiger partial charge in [-0.3, -0.25) is 0 Å². The SMILES string of the molecule is OC[C@@H]1O[C@@H](N2C=CSC2)[C@@H](O)[C@H]1O. The van der Waals surface area contributed by atoms with Gasteiger partial charge in [0.25, 0.3) is 0 Å². The van der Waals surface area contributed by atoms with Crippen molar-refractivity contribution in [1.29, 1.82) is 0 Å². The van der Waals surface area contributed by atoms with Gasteiger partial charge in [0.2, 0.25) is 0 Å². The maximum atomic E-state index is 9.65. The first kappa shape index (κ1) is 10.3. The monoisotopic (exact) mass is 219 g/mol. The third kappa shape index (κ3) is 1.64. The van der Waals surface area contributed by atoms with Gasteiger partial charge >= 0.3 is 0 Å². The normalized spacial score (nSPS) is 42.4. The molecule has 2 aliphatic rings. The van der Waals surface area contributed by atoms with Crippen LogP contribution in [0.25, 0.3) is 0 Å². The lowest BCUT2D eigenvalue weighted by atomic mass is 10.1. The standard InChI is InChI=1S/C8H13NO4S/c10-3-5-6(11)7(12)8(13-5)9-1-2-14-4-9/h1-2,5-8,10-12H,3-4H2/t5-,6-,7-,8+/m0/s1. The molecule has 0 spiro atoms. The second kappa shape index (κ2) is 4.08. The topological polar surface area (TPSA) is 73.2 Å². The van der Waals surface area contributed by atoms with Gasteiger partial charge in [0, 0.05) is 6.20 Å². The molecule has 2 rings (SSSR count). The number of rotatable bonds is 2. The molecule has 14 heavy (non-hydrogen) atoms. The molecule has 0 aromatic carbocycles. The molecule has 1 saturated heterocycles. The van der Waals surface area contributed by atoms with Gasteiger partial charge in [-0.1, -0.05) is 0 Å². The highest BCUT2D eigenvalue weighted by Crippen LogP contribution is 2.28. The second-order valence-electron chi connectivity index (χ2n) is 3.32. The predicted octanol–water partition coefficient (Wildman–Crippen LogP) is -1.10. The third-order valence-corrected chi connectivity index (χ3v) is 3.18. The first-order chi connectivity index (χ1) is 6.74. The van der Waals surface area contributed by atoms with Gasteiger partial charge in [-0.15, -0.1) is 11.8 Å². The summed E-state index contributed by atoms with van der Waals surface area (Å²) in [5, 5.41) is 29.9. The number of aliphatic hydroxyl groups excluding tert-OH is 3. The van der Waals surface area contributed by atoms with Crippen LogP contribution < -0.4 is 0 Å². The van der Waals surface area contributed by atoms with Gasteiger partial charge in [0.15, 0.2) is 6.23 Å². The zero-order chi connectivity index (χ0) is 10.1. The van der Waals surface area contributed by atoms with Gasteiger partial charge in [0.1, 0.15) is 18.3 Å². The molecule has 4 atom stereocenters. The van der Waals surface area contributed by atoms with E-state index in [1.807, 2.05) is 11.6 Å². The molecule has 80 valence electrons. The van der Waals surface area contributed by atoms with Crippen LogP contribution in [0.2, 0.25) is 0 Å². The van der Waals surface area contributed by atoms with Crippen LogP contribution in [0.1, 0.15) is 0 Å². The summed E-state index contributed by atoms with van der Waals surface area (Å²) >= 11 is 1.59. The summed E-state index contributed by atoms with van der Waals surface area (Å²) in [5.41, 5.74) is 0. The Balaban J connectivity index is 2.03. The van der Waals surface area contributed by atoms with Gasteiger partial charge in [-0.05, 0) is 5.41 Å². The van der Waals surface area contributed by atoms with Gasteiger partial charge in [-0.2, -0.15) is 0 Å². The molecule has 0 bridgehead atoms. The van der Waals surface area contributed by atoms with E-state index < -0.39 is 24.5 Å². The average Bonchev–Trinajstić information content (AvgIpc) is 2.78. The molecule has 0 aromatic rings. The highest BCUT2D eigenvalue weighted by Gasteiger charge is 2.44. The van der Waals surface area contributed by atoms with Crippen LogP contribution >= 0.6 is 11.8 Å². The summed E-state index contributed by atoms with van der Waals surface area (Å²) in [6.07, 6.45) is -1.40. The lowest BCUT2D eigenvalue weighted by Gasteiger charge is -2.25. The maximum Gasteiger partial charge on any atom is 0.159 e. The van der Waals surface area contributed by atoms with E-state index in [1.165, 1.54) is 0 Å². The fourth-order valence-electron chi connectivity index (χ4n) is 1.61. The van der Waals surface area contributed by atoms with Crippen molar-refractivity contribution in [3.05, 3.63) is 11.6 Å². The molecule has 0 amide bonds. The average molecular weight is 219 g/mol. The minimum atomic E-state index is -1.01. The van der Waals surface area contributed by atoms with Crippen LogP contribution in [-0.2, 0) is 4.74 Å². The Morgan fingerprint density at radius 1 is 1.43 bits per heavy atom. The molecule has 0 unspecified atom stereocenters. The van der Waals surface area contributed by atoms with Crippen LogP contribution in [0.15, 0.2) is 11.6 Å². The van der Waals surface area contributed by atoms with Gasteiger partial charge < -0.3 is 25.0 Å². The Kier molecular flexibility index (Phi) is 2.99. The number of aliphatic hydroxyl groups is 3. The quantitative estimate of drug-likeness (QED) is 0.548. The number of hydrogen-bond donors (Lipinski definition) is 3. The highest BCUT2D eigenvalue weighted by molar-refractivity contribution is 8.02. The molecule has 3 N–H and O–H groups in total. The Morgan fingerprint density at radius 2 is 2.21 bits per heavy atom. The fourth-order valence-corrected chi connectivity index (χ4v) is 2.34. The van der Waals surface area contributed by atoms with Crippen molar-refractivity contribution in [2.24, 2.45) is 0 Å². The van der Waals surface area contributed by atoms with E-state index >= 15 is 0 Å². The largest absolute Gasteiger partial charge is 0.394 e. The van der Waals surface area contributed by atoms with Crippen molar-refractivity contribution in [3.63, 3.8) is 0 Å². The molecule has 2 heterocycles. The van der Waals surface area contributed by atoms with Crippen LogP contribution in [-0.4, -0.2) is 57.2 Å². The van der Waals surface area contributed by atoms with Crippen molar-refractivity contribution in [2.75, 3.05) is 12.5 Å². The number of ether oxygens (including phenoxy) is 1. The summed E-state index contributed by atoms with van der Waals surface area (Å²) < 4.78 is 5.33. The molecular weight excluding hydrogens is 206 g/mol. The first-order valence-electron chi connectivity index (χ1n) is 4.40. The summed E-state index contributed by atoms with van der Waals surface area (Å²) in [7, 11) is 0. The third-order valence-electron chi connectivity index (χ3n) is 2.42. The zero-order valence-corrected chi connectivity index (χ0v) is 8.30. The van der Waals surface area contributed by atoms with Crippen molar-refractivity contribution in [3.8, 4) is 0 Å². The molecular formula is C8H13NO4S. The minimum Gasteiger partial charge on any atom is -0.394 e. The summed E-state index contributed by atoms with van der Waals surface area (Å²) in [4.78, 5) is 1.80. The first-order valence-corrected chi connectivity index (χ1v) is 5.45. The van der Waals surface area contributed by atoms with E-state index in [0.717, 1.165) is 0 Å². The molecule has 1 fully saturated rings. The number of hydrogen-bond acceptors (Lipinski definition) is 6. The van der Waals surface area contributed by atoms with E-state index in [2.05, 4.69) is 0 Å². The number of nitrogens with zero attached hydrogens (tertiary/aromatic N) is 1. The summed E-state index contributed by atoms with van der Waals surface area (Å²) in [6, 6.07) is 0. The molecule has 6 heteroatoms. The van der Waals surface area contributed by atoms with E-state index in [4.69, 9.17) is 9.84 Å². The van der Waals surface area contributed by atoms with Crippen LogP contribution in [0.3, 0.4) is 0 Å². The van der Waals surface area contributed by atoms with E-state index in [9.17, 15) is 10.2 Å². The molecule has 0 radical (unpaired) electrons. The lowest BCUT2D eigenvalue weighted by molar-refractivity contribution is -0.0728. The molecule has 0 aromatic heterocycles. The van der Waals surface area contributed by atoms with Crippen LogP contribution in [0.4, 0.5) is 0 Å². The molecule has 0 saturated carbocycles. The van der Waals surface area contributed by atoms with Gasteiger partial charge in [-0.25, -0.2) is 0 Å². The van der Waals surface area contributed by atoms with Crippen molar-refractivity contribution >= 4 is 11.8 Å². The zero-order valence-electron chi connectivity index (χ0n) is 7.48. The lowest BCUT2D eigenvalue weighted by Crippen LogP contribution is -2.40. The smallest absolute Gasteiger partial charge is 0.159 e.